The second kappa shape index (κ2) is 7.36. The highest BCUT2D eigenvalue weighted by Gasteiger charge is 2.23. The highest BCUT2D eigenvalue weighted by atomic mass is 16.4. The predicted octanol–water partition coefficient (Wildman–Crippen LogP) is 0.945. The number of piperidine rings is 1. The number of carbonyl (C=O) groups is 2. The lowest BCUT2D eigenvalue weighted by molar-refractivity contribution is -0.138. The van der Waals surface area contributed by atoms with Crippen LogP contribution in [-0.4, -0.2) is 48.6 Å². The van der Waals surface area contributed by atoms with E-state index in [1.807, 2.05) is 0 Å². The summed E-state index contributed by atoms with van der Waals surface area (Å²) >= 11 is 0. The van der Waals surface area contributed by atoms with E-state index in [1.54, 1.807) is 7.05 Å². The van der Waals surface area contributed by atoms with Crippen LogP contribution in [0.15, 0.2) is 0 Å². The third kappa shape index (κ3) is 5.04. The van der Waals surface area contributed by atoms with Gasteiger partial charge >= 0.3 is 5.97 Å². The molecule has 0 radical (unpaired) electrons. The number of rotatable bonds is 6. The lowest BCUT2D eigenvalue weighted by Crippen LogP contribution is -2.36. The number of carboxylic acid groups (broad SMARTS) is 1. The molecule has 0 spiro atoms. The van der Waals surface area contributed by atoms with E-state index in [0.29, 0.717) is 24.8 Å². The van der Waals surface area contributed by atoms with Gasteiger partial charge in [-0.2, -0.15) is 0 Å². The van der Waals surface area contributed by atoms with Crippen molar-refractivity contribution in [2.24, 2.45) is 11.8 Å². The molecule has 2 atom stereocenters. The highest BCUT2D eigenvalue weighted by molar-refractivity contribution is 5.77. The van der Waals surface area contributed by atoms with Crippen LogP contribution in [0.4, 0.5) is 0 Å². The van der Waals surface area contributed by atoms with Crippen molar-refractivity contribution >= 4 is 11.9 Å². The topological polar surface area (TPSA) is 69.6 Å². The maximum absolute atomic E-state index is 11.9. The molecule has 2 N–H and O–H groups in total. The third-order valence-electron chi connectivity index (χ3n) is 3.72. The Hall–Kier alpha value is -1.10. The Labute approximate surface area is 109 Å². The maximum Gasteiger partial charge on any atom is 0.305 e. The fourth-order valence-electron chi connectivity index (χ4n) is 2.35. The van der Waals surface area contributed by atoms with Crippen molar-refractivity contribution in [3.8, 4) is 0 Å². The third-order valence-corrected chi connectivity index (χ3v) is 3.72. The van der Waals surface area contributed by atoms with Crippen LogP contribution in [0.25, 0.3) is 0 Å². The number of nitrogens with one attached hydrogen (secondary N) is 1. The average Bonchev–Trinajstić information content (AvgIpc) is 2.36. The van der Waals surface area contributed by atoms with Crippen LogP contribution in [0.1, 0.15) is 32.6 Å². The number of carbonyl (C=O) groups excluding carboxylic acids is 1. The van der Waals surface area contributed by atoms with Gasteiger partial charge in [0.2, 0.25) is 5.91 Å². The summed E-state index contributed by atoms with van der Waals surface area (Å²) in [5.41, 5.74) is 0. The molecule has 1 aliphatic heterocycles. The fourth-order valence-corrected chi connectivity index (χ4v) is 2.35. The molecule has 0 aromatic heterocycles. The molecule has 0 saturated carbocycles. The van der Waals surface area contributed by atoms with Crippen LogP contribution in [0, 0.1) is 11.8 Å². The van der Waals surface area contributed by atoms with E-state index >= 15 is 0 Å². The van der Waals surface area contributed by atoms with Gasteiger partial charge in [-0.1, -0.05) is 6.92 Å². The lowest BCUT2D eigenvalue weighted by Gasteiger charge is -2.29. The summed E-state index contributed by atoms with van der Waals surface area (Å²) in [6.07, 6.45) is 2.89. The zero-order chi connectivity index (χ0) is 13.5. The normalized spacial score (nSPS) is 21.3. The van der Waals surface area contributed by atoms with Crippen molar-refractivity contribution in [2.75, 3.05) is 26.7 Å². The summed E-state index contributed by atoms with van der Waals surface area (Å²) in [7, 11) is 1.68. The minimum atomic E-state index is -0.862. The predicted molar refractivity (Wildman–Crippen MR) is 69.3 cm³/mol. The second-order valence-corrected chi connectivity index (χ2v) is 5.25. The van der Waals surface area contributed by atoms with Gasteiger partial charge in [-0.3, -0.25) is 9.59 Å². The Morgan fingerprint density at radius 2 is 2.22 bits per heavy atom. The first-order chi connectivity index (χ1) is 8.50. The molecule has 18 heavy (non-hydrogen) atoms. The van der Waals surface area contributed by atoms with E-state index in [-0.39, 0.29) is 12.3 Å². The largest absolute Gasteiger partial charge is 0.481 e. The van der Waals surface area contributed by atoms with Crippen molar-refractivity contribution in [3.05, 3.63) is 0 Å². The van der Waals surface area contributed by atoms with Gasteiger partial charge in [0.05, 0.1) is 6.42 Å². The van der Waals surface area contributed by atoms with Crippen LogP contribution in [0.2, 0.25) is 0 Å². The Morgan fingerprint density at radius 1 is 1.50 bits per heavy atom. The second-order valence-electron chi connectivity index (χ2n) is 5.25. The zero-order valence-corrected chi connectivity index (χ0v) is 11.3. The molecule has 1 fully saturated rings. The van der Waals surface area contributed by atoms with Crippen molar-refractivity contribution in [1.82, 2.24) is 10.2 Å². The molecule has 1 amide bonds. The monoisotopic (exact) mass is 256 g/mol. The van der Waals surface area contributed by atoms with E-state index in [0.717, 1.165) is 13.1 Å². The van der Waals surface area contributed by atoms with Crippen LogP contribution >= 0.6 is 0 Å². The molecular weight excluding hydrogens is 232 g/mol. The standard InChI is InChI=1S/C13H24N2O3/c1-10(11-4-3-6-14-9-11)8-12(16)15(2)7-5-13(17)18/h10-11,14H,3-9H2,1-2H3,(H,17,18). The minimum absolute atomic E-state index is 0.0155. The van der Waals surface area contributed by atoms with E-state index in [2.05, 4.69) is 12.2 Å². The molecule has 5 heteroatoms. The van der Waals surface area contributed by atoms with Crippen molar-refractivity contribution < 1.29 is 14.7 Å². The van der Waals surface area contributed by atoms with Crippen LogP contribution < -0.4 is 5.32 Å². The van der Waals surface area contributed by atoms with E-state index < -0.39 is 5.97 Å². The number of nitrogens with zero attached hydrogens (tertiary/aromatic N) is 1. The molecule has 0 aromatic rings. The van der Waals surface area contributed by atoms with Crippen molar-refractivity contribution in [1.29, 1.82) is 0 Å². The summed E-state index contributed by atoms with van der Waals surface area (Å²) in [6, 6.07) is 0. The molecule has 2 unspecified atom stereocenters. The molecule has 1 heterocycles. The molecule has 1 aliphatic rings. The zero-order valence-electron chi connectivity index (χ0n) is 11.3. The first-order valence-electron chi connectivity index (χ1n) is 6.67. The SMILES string of the molecule is CC(CC(=O)N(C)CCC(=O)O)C1CCCNC1. The summed E-state index contributed by atoms with van der Waals surface area (Å²) in [4.78, 5) is 23.9. The Kier molecular flexibility index (Phi) is 6.12. The maximum atomic E-state index is 11.9. The first-order valence-corrected chi connectivity index (χ1v) is 6.67. The summed E-state index contributed by atoms with van der Waals surface area (Å²) in [5.74, 6) is 0.113. The van der Waals surface area contributed by atoms with Gasteiger partial charge in [-0.15, -0.1) is 0 Å². The van der Waals surface area contributed by atoms with E-state index in [4.69, 9.17) is 5.11 Å². The summed E-state index contributed by atoms with van der Waals surface area (Å²) in [6.45, 7) is 4.48. The Balaban J connectivity index is 2.31. The molecule has 104 valence electrons. The van der Waals surface area contributed by atoms with Gasteiger partial charge in [-0.25, -0.2) is 0 Å². The summed E-state index contributed by atoms with van der Waals surface area (Å²) in [5, 5.41) is 11.9. The smallest absolute Gasteiger partial charge is 0.305 e. The van der Waals surface area contributed by atoms with Gasteiger partial charge < -0.3 is 15.3 Å². The molecule has 0 aliphatic carbocycles. The average molecular weight is 256 g/mol. The first kappa shape index (κ1) is 15.0. The highest BCUT2D eigenvalue weighted by Crippen LogP contribution is 2.22. The molecule has 0 aromatic carbocycles. The van der Waals surface area contributed by atoms with Gasteiger partial charge in [-0.05, 0) is 37.8 Å². The number of amides is 1. The molecule has 0 bridgehead atoms. The quantitative estimate of drug-likeness (QED) is 0.742. The number of carboxylic acids is 1. The van der Waals surface area contributed by atoms with Crippen LogP contribution in [-0.2, 0) is 9.59 Å². The van der Waals surface area contributed by atoms with Gasteiger partial charge in [0.1, 0.15) is 0 Å². The molecule has 1 rings (SSSR count). The van der Waals surface area contributed by atoms with Crippen molar-refractivity contribution in [2.45, 2.75) is 32.6 Å². The van der Waals surface area contributed by atoms with Crippen LogP contribution in [0.5, 0.6) is 0 Å². The van der Waals surface area contributed by atoms with Gasteiger partial charge in [0, 0.05) is 20.0 Å². The Bertz CT molecular complexity index is 288. The lowest BCUT2D eigenvalue weighted by atomic mass is 9.85. The molecule has 1 saturated heterocycles. The fraction of sp³-hybridized carbons (Fsp3) is 0.846. The van der Waals surface area contributed by atoms with E-state index in [9.17, 15) is 9.59 Å². The van der Waals surface area contributed by atoms with Crippen LogP contribution in [0.3, 0.4) is 0 Å². The van der Waals surface area contributed by atoms with Crippen molar-refractivity contribution in [3.63, 3.8) is 0 Å². The van der Waals surface area contributed by atoms with E-state index in [1.165, 1.54) is 17.7 Å². The summed E-state index contributed by atoms with van der Waals surface area (Å²) < 4.78 is 0. The van der Waals surface area contributed by atoms with Gasteiger partial charge in [0.25, 0.3) is 0 Å². The number of aliphatic carboxylic acids is 1. The number of hydrogen-bond acceptors (Lipinski definition) is 3. The molecule has 5 nitrogen and oxygen atoms in total. The van der Waals surface area contributed by atoms with Gasteiger partial charge in [0.15, 0.2) is 0 Å². The number of hydrogen-bond donors (Lipinski definition) is 2. The minimum Gasteiger partial charge on any atom is -0.481 e. The Morgan fingerprint density at radius 3 is 2.78 bits per heavy atom. The molecular formula is C13H24N2O3.